The normalized spacial score (nSPS) is 16.2. The first-order chi connectivity index (χ1) is 11.4. The molecule has 1 N–H and O–H groups in total. The van der Waals surface area contributed by atoms with Gasteiger partial charge in [-0.1, -0.05) is 30.3 Å². The molecule has 0 aliphatic carbocycles. The summed E-state index contributed by atoms with van der Waals surface area (Å²) in [5.41, 5.74) is 1.22. The number of carbonyl (C=O) groups is 1. The predicted octanol–water partition coefficient (Wildman–Crippen LogP) is 1.04. The van der Waals surface area contributed by atoms with Crippen molar-refractivity contribution < 1.29 is 13.2 Å². The third-order valence-electron chi connectivity index (χ3n) is 3.90. The number of hydrogen-bond donors (Lipinski definition) is 1. The Bertz CT molecular complexity index is 621. The van der Waals surface area contributed by atoms with E-state index >= 15 is 0 Å². The highest BCUT2D eigenvalue weighted by Gasteiger charge is 2.22. The summed E-state index contributed by atoms with van der Waals surface area (Å²) in [7, 11) is -3.08. The standard InChI is InChI=1S/C16H25N3O3S2.ClH/c1-24(21,22)19-11-9-18(10-12-19)8-7-17-16(20)14-23-13-15-5-3-2-4-6-15;/h2-6H,7-14H2,1H3,(H,17,20);1H. The van der Waals surface area contributed by atoms with Gasteiger partial charge in [0.15, 0.2) is 0 Å². The van der Waals surface area contributed by atoms with Crippen LogP contribution in [0.5, 0.6) is 0 Å². The van der Waals surface area contributed by atoms with E-state index in [2.05, 4.69) is 22.3 Å². The van der Waals surface area contributed by atoms with Gasteiger partial charge in [-0.3, -0.25) is 9.69 Å². The van der Waals surface area contributed by atoms with Crippen LogP contribution in [-0.2, 0) is 20.6 Å². The Morgan fingerprint density at radius 1 is 1.16 bits per heavy atom. The molecule has 1 aromatic rings. The SMILES string of the molecule is CS(=O)(=O)N1CCN(CCNC(=O)CSCc2ccccc2)CC1.Cl. The highest BCUT2D eigenvalue weighted by atomic mass is 35.5. The maximum absolute atomic E-state index is 11.8. The molecule has 1 aliphatic rings. The molecule has 6 nitrogen and oxygen atoms in total. The van der Waals surface area contributed by atoms with Gasteiger partial charge >= 0.3 is 0 Å². The van der Waals surface area contributed by atoms with Crippen LogP contribution in [0.25, 0.3) is 0 Å². The Morgan fingerprint density at radius 2 is 1.80 bits per heavy atom. The van der Waals surface area contributed by atoms with Crippen molar-refractivity contribution in [2.24, 2.45) is 0 Å². The molecule has 1 amide bonds. The largest absolute Gasteiger partial charge is 0.354 e. The van der Waals surface area contributed by atoms with E-state index in [0.29, 0.717) is 38.5 Å². The zero-order chi connectivity index (χ0) is 17.4. The summed E-state index contributed by atoms with van der Waals surface area (Å²) >= 11 is 1.60. The van der Waals surface area contributed by atoms with Crippen LogP contribution in [0.15, 0.2) is 30.3 Å². The van der Waals surface area contributed by atoms with Crippen molar-refractivity contribution in [3.8, 4) is 0 Å². The number of amides is 1. The number of hydrogen-bond acceptors (Lipinski definition) is 5. The van der Waals surface area contributed by atoms with Crippen LogP contribution < -0.4 is 5.32 Å². The minimum Gasteiger partial charge on any atom is -0.354 e. The minimum atomic E-state index is -3.08. The topological polar surface area (TPSA) is 69.7 Å². The highest BCUT2D eigenvalue weighted by molar-refractivity contribution is 7.99. The Kier molecular flexibility index (Phi) is 9.81. The van der Waals surface area contributed by atoms with Crippen LogP contribution in [0, 0.1) is 0 Å². The Labute approximate surface area is 160 Å². The number of piperazine rings is 1. The molecule has 1 aliphatic heterocycles. The van der Waals surface area contributed by atoms with E-state index in [1.165, 1.54) is 16.1 Å². The monoisotopic (exact) mass is 407 g/mol. The van der Waals surface area contributed by atoms with Crippen molar-refractivity contribution in [1.29, 1.82) is 0 Å². The predicted molar refractivity (Wildman–Crippen MR) is 106 cm³/mol. The van der Waals surface area contributed by atoms with Gasteiger partial charge in [-0.05, 0) is 5.56 Å². The molecule has 0 aromatic heterocycles. The maximum Gasteiger partial charge on any atom is 0.230 e. The van der Waals surface area contributed by atoms with Gasteiger partial charge in [-0.25, -0.2) is 8.42 Å². The number of thioether (sulfide) groups is 1. The number of nitrogens with zero attached hydrogens (tertiary/aromatic N) is 2. The average Bonchev–Trinajstić information content (AvgIpc) is 2.55. The average molecular weight is 408 g/mol. The molecule has 25 heavy (non-hydrogen) atoms. The second kappa shape index (κ2) is 11.0. The van der Waals surface area contributed by atoms with Crippen LogP contribution in [0.3, 0.4) is 0 Å². The lowest BCUT2D eigenvalue weighted by Crippen LogP contribution is -2.50. The summed E-state index contributed by atoms with van der Waals surface area (Å²) in [6, 6.07) is 10.1. The van der Waals surface area contributed by atoms with Crippen molar-refractivity contribution in [3.05, 3.63) is 35.9 Å². The first kappa shape index (κ1) is 22.2. The second-order valence-corrected chi connectivity index (χ2v) is 8.80. The van der Waals surface area contributed by atoms with Gasteiger partial charge in [0.05, 0.1) is 12.0 Å². The fourth-order valence-corrected chi connectivity index (χ4v) is 4.17. The van der Waals surface area contributed by atoms with E-state index in [-0.39, 0.29) is 18.3 Å². The van der Waals surface area contributed by atoms with E-state index in [1.54, 1.807) is 11.8 Å². The van der Waals surface area contributed by atoms with Crippen LogP contribution >= 0.6 is 24.2 Å². The van der Waals surface area contributed by atoms with Crippen molar-refractivity contribution in [2.75, 3.05) is 51.3 Å². The van der Waals surface area contributed by atoms with E-state index in [9.17, 15) is 13.2 Å². The van der Waals surface area contributed by atoms with Crippen LogP contribution in [0.4, 0.5) is 0 Å². The molecule has 1 saturated heterocycles. The van der Waals surface area contributed by atoms with E-state index in [1.807, 2.05) is 18.2 Å². The number of nitrogens with one attached hydrogen (secondary N) is 1. The fraction of sp³-hybridized carbons (Fsp3) is 0.562. The van der Waals surface area contributed by atoms with E-state index < -0.39 is 10.0 Å². The lowest BCUT2D eigenvalue weighted by Gasteiger charge is -2.33. The molecule has 0 bridgehead atoms. The summed E-state index contributed by atoms with van der Waals surface area (Å²) in [5, 5.41) is 2.92. The van der Waals surface area contributed by atoms with Gasteiger partial charge in [0.2, 0.25) is 15.9 Å². The van der Waals surface area contributed by atoms with Gasteiger partial charge < -0.3 is 5.32 Å². The first-order valence-electron chi connectivity index (χ1n) is 8.01. The smallest absolute Gasteiger partial charge is 0.230 e. The molecule has 1 heterocycles. The zero-order valence-electron chi connectivity index (χ0n) is 14.4. The van der Waals surface area contributed by atoms with E-state index in [0.717, 1.165) is 12.3 Å². The third-order valence-corrected chi connectivity index (χ3v) is 6.20. The van der Waals surface area contributed by atoms with Gasteiger partial charge in [-0.2, -0.15) is 4.31 Å². The van der Waals surface area contributed by atoms with Crippen LogP contribution in [0.2, 0.25) is 0 Å². The van der Waals surface area contributed by atoms with Crippen LogP contribution in [-0.4, -0.2) is 74.8 Å². The molecular weight excluding hydrogens is 382 g/mol. The molecular formula is C16H26ClN3O3S2. The number of halogens is 1. The van der Waals surface area contributed by atoms with Crippen molar-refractivity contribution >= 4 is 40.1 Å². The molecule has 0 unspecified atom stereocenters. The van der Waals surface area contributed by atoms with E-state index in [4.69, 9.17) is 0 Å². The summed E-state index contributed by atoms with van der Waals surface area (Å²) in [6.07, 6.45) is 1.25. The fourth-order valence-electron chi connectivity index (χ4n) is 2.53. The summed E-state index contributed by atoms with van der Waals surface area (Å²) < 4.78 is 24.4. The molecule has 2 rings (SSSR count). The van der Waals surface area contributed by atoms with Crippen molar-refractivity contribution in [1.82, 2.24) is 14.5 Å². The molecule has 9 heteroatoms. The van der Waals surface area contributed by atoms with Gasteiger partial charge in [-0.15, -0.1) is 24.2 Å². The lowest BCUT2D eigenvalue weighted by atomic mass is 10.2. The van der Waals surface area contributed by atoms with Gasteiger partial charge in [0, 0.05) is 45.0 Å². The molecule has 1 fully saturated rings. The number of benzene rings is 1. The Hall–Kier alpha value is -0.800. The Balaban J connectivity index is 0.00000312. The number of rotatable bonds is 8. The molecule has 0 radical (unpaired) electrons. The first-order valence-corrected chi connectivity index (χ1v) is 11.0. The molecule has 0 spiro atoms. The Morgan fingerprint density at radius 3 is 2.40 bits per heavy atom. The lowest BCUT2D eigenvalue weighted by molar-refractivity contribution is -0.118. The molecule has 0 atom stereocenters. The van der Waals surface area contributed by atoms with Gasteiger partial charge in [0.25, 0.3) is 0 Å². The third kappa shape index (κ3) is 8.42. The van der Waals surface area contributed by atoms with Gasteiger partial charge in [0.1, 0.15) is 0 Å². The highest BCUT2D eigenvalue weighted by Crippen LogP contribution is 2.11. The van der Waals surface area contributed by atoms with Crippen molar-refractivity contribution in [2.45, 2.75) is 5.75 Å². The molecule has 142 valence electrons. The maximum atomic E-state index is 11.8. The summed E-state index contributed by atoms with van der Waals surface area (Å²) in [4.78, 5) is 14.0. The molecule has 0 saturated carbocycles. The second-order valence-electron chi connectivity index (χ2n) is 5.83. The van der Waals surface area contributed by atoms with Crippen LogP contribution in [0.1, 0.15) is 5.56 Å². The number of carbonyl (C=O) groups excluding carboxylic acids is 1. The zero-order valence-corrected chi connectivity index (χ0v) is 16.8. The summed E-state index contributed by atoms with van der Waals surface area (Å²) in [6.45, 7) is 3.84. The van der Waals surface area contributed by atoms with Crippen molar-refractivity contribution in [3.63, 3.8) is 0 Å². The minimum absolute atomic E-state index is 0. The summed E-state index contributed by atoms with van der Waals surface area (Å²) in [5.74, 6) is 1.34. The number of sulfonamides is 1. The quantitative estimate of drug-likeness (QED) is 0.697. The molecule has 1 aromatic carbocycles.